The minimum absolute atomic E-state index is 0.0384. The average Bonchev–Trinajstić information content (AvgIpc) is 3.77. The molecule has 3 aromatic carbocycles. The number of benzene rings is 3. The topological polar surface area (TPSA) is 134 Å². The summed E-state index contributed by atoms with van der Waals surface area (Å²) in [6, 6.07) is 23.2. The Morgan fingerprint density at radius 2 is 1.55 bits per heavy atom. The fourth-order valence-electron chi connectivity index (χ4n) is 6.94. The number of amides is 3. The molecule has 10 nitrogen and oxygen atoms in total. The Morgan fingerprint density at radius 1 is 0.882 bits per heavy atom. The molecule has 4 atom stereocenters. The van der Waals surface area contributed by atoms with E-state index in [4.69, 9.17) is 9.47 Å². The van der Waals surface area contributed by atoms with E-state index in [2.05, 4.69) is 35.9 Å². The van der Waals surface area contributed by atoms with Crippen molar-refractivity contribution in [1.29, 1.82) is 0 Å². The molecule has 1 heterocycles. The molecule has 268 valence electrons. The van der Waals surface area contributed by atoms with Crippen molar-refractivity contribution in [3.8, 4) is 11.1 Å². The molecule has 3 amide bonds. The molecule has 0 radical (unpaired) electrons. The van der Waals surface area contributed by atoms with E-state index < -0.39 is 30.1 Å². The lowest BCUT2D eigenvalue weighted by Gasteiger charge is -2.27. The smallest absolute Gasteiger partial charge is 0.407 e. The van der Waals surface area contributed by atoms with Crippen molar-refractivity contribution >= 4 is 23.9 Å². The Kier molecular flexibility index (Phi) is 13.2. The zero-order valence-corrected chi connectivity index (χ0v) is 28.9. The van der Waals surface area contributed by atoms with E-state index in [9.17, 15) is 24.3 Å². The third-order valence-electron chi connectivity index (χ3n) is 9.64. The number of rotatable bonds is 17. The first-order valence-corrected chi connectivity index (χ1v) is 17.6. The number of alkyl carbamates (subject to hydrolysis) is 1. The van der Waals surface area contributed by atoms with Gasteiger partial charge in [-0.1, -0.05) is 91.0 Å². The van der Waals surface area contributed by atoms with Gasteiger partial charge in [0.2, 0.25) is 11.8 Å². The Bertz CT molecular complexity index is 1650. The molecular weight excluding hydrogens is 646 g/mol. The van der Waals surface area contributed by atoms with Crippen LogP contribution in [0.2, 0.25) is 0 Å². The maximum Gasteiger partial charge on any atom is 0.407 e. The maximum atomic E-state index is 13.6. The van der Waals surface area contributed by atoms with Crippen LogP contribution in [0.15, 0.2) is 104 Å². The molecular formula is C41H47N3O7. The number of allylic oxidation sites excluding steroid dienone is 2. The first-order chi connectivity index (χ1) is 24.8. The quantitative estimate of drug-likeness (QED) is 0.120. The van der Waals surface area contributed by atoms with E-state index in [0.717, 1.165) is 35.1 Å². The van der Waals surface area contributed by atoms with E-state index in [0.29, 0.717) is 18.5 Å². The average molecular weight is 694 g/mol. The summed E-state index contributed by atoms with van der Waals surface area (Å²) in [5.41, 5.74) is 5.08. The standard InChI is InChI=1S/C41H47N3O7/c1-3-5-22-36(43-41(49)51-26-35-33-20-11-9-18-31(33)32-19-10-12-21-34(32)35)40(48)50-27-37(28-15-7-6-8-16-28)42-39(47)29(14-4-2)24-38(46)44-23-13-17-30(44)25-45/h3-4,6-12,15-16,18-21,29-30,35-37,45H,1-2,5,13-14,17,22-27H2,(H,42,47)(H,43,49)/t29-,30+,36+,37-/m1/s1. The zero-order valence-electron chi connectivity index (χ0n) is 28.9. The van der Waals surface area contributed by atoms with Gasteiger partial charge < -0.3 is 30.1 Å². The summed E-state index contributed by atoms with van der Waals surface area (Å²) in [5.74, 6) is -2.09. The maximum absolute atomic E-state index is 13.6. The summed E-state index contributed by atoms with van der Waals surface area (Å²) in [6.07, 6.45) is 4.95. The summed E-state index contributed by atoms with van der Waals surface area (Å²) in [7, 11) is 0. The monoisotopic (exact) mass is 693 g/mol. The lowest BCUT2D eigenvalue weighted by molar-refractivity contribution is -0.147. The van der Waals surface area contributed by atoms with E-state index in [-0.39, 0.29) is 62.9 Å². The third kappa shape index (κ3) is 9.32. The molecule has 3 aromatic rings. The number of nitrogens with zero attached hydrogens (tertiary/aromatic N) is 1. The molecule has 10 heteroatoms. The second kappa shape index (κ2) is 18.1. The molecule has 1 fully saturated rings. The molecule has 1 saturated heterocycles. The van der Waals surface area contributed by atoms with Gasteiger partial charge in [-0.25, -0.2) is 9.59 Å². The Hall–Kier alpha value is -5.22. The summed E-state index contributed by atoms with van der Waals surface area (Å²) in [6.45, 7) is 7.84. The summed E-state index contributed by atoms with van der Waals surface area (Å²) in [4.78, 5) is 54.9. The fourth-order valence-corrected chi connectivity index (χ4v) is 6.94. The van der Waals surface area contributed by atoms with Crippen LogP contribution in [0.25, 0.3) is 11.1 Å². The van der Waals surface area contributed by atoms with Crippen LogP contribution in [0.5, 0.6) is 0 Å². The highest BCUT2D eigenvalue weighted by Crippen LogP contribution is 2.44. The number of carbonyl (C=O) groups is 4. The molecule has 0 unspecified atom stereocenters. The van der Waals surface area contributed by atoms with Gasteiger partial charge in [-0.05, 0) is 59.9 Å². The molecule has 2 aliphatic rings. The Labute approximate surface area is 299 Å². The number of carbonyl (C=O) groups excluding carboxylic acids is 4. The van der Waals surface area contributed by atoms with Gasteiger partial charge in [0.15, 0.2) is 0 Å². The predicted octanol–water partition coefficient (Wildman–Crippen LogP) is 5.83. The van der Waals surface area contributed by atoms with Crippen LogP contribution in [-0.2, 0) is 23.9 Å². The van der Waals surface area contributed by atoms with E-state index in [1.165, 1.54) is 0 Å². The van der Waals surface area contributed by atoms with Crippen molar-refractivity contribution in [2.75, 3.05) is 26.4 Å². The van der Waals surface area contributed by atoms with Crippen LogP contribution in [0.3, 0.4) is 0 Å². The molecule has 5 rings (SSSR count). The van der Waals surface area contributed by atoms with Gasteiger partial charge in [0.1, 0.15) is 19.3 Å². The number of aliphatic hydroxyl groups excluding tert-OH is 1. The van der Waals surface area contributed by atoms with Crippen LogP contribution >= 0.6 is 0 Å². The van der Waals surface area contributed by atoms with Crippen molar-refractivity contribution < 1.29 is 33.8 Å². The molecule has 3 N–H and O–H groups in total. The van der Waals surface area contributed by atoms with Crippen LogP contribution in [0, 0.1) is 5.92 Å². The Balaban J connectivity index is 1.21. The molecule has 0 saturated carbocycles. The highest BCUT2D eigenvalue weighted by atomic mass is 16.6. The number of ether oxygens (including phenoxy) is 2. The summed E-state index contributed by atoms with van der Waals surface area (Å²) < 4.78 is 11.4. The van der Waals surface area contributed by atoms with E-state index >= 15 is 0 Å². The number of likely N-dealkylation sites (tertiary alicyclic amines) is 1. The zero-order chi connectivity index (χ0) is 36.2. The van der Waals surface area contributed by atoms with Crippen LogP contribution < -0.4 is 10.6 Å². The number of esters is 1. The highest BCUT2D eigenvalue weighted by molar-refractivity contribution is 5.87. The fraction of sp³-hybridized carbons (Fsp3) is 0.366. The van der Waals surface area contributed by atoms with Gasteiger partial charge in [-0.2, -0.15) is 0 Å². The van der Waals surface area contributed by atoms with E-state index in [1.807, 2.05) is 66.7 Å². The number of hydrogen-bond donors (Lipinski definition) is 3. The molecule has 0 spiro atoms. The van der Waals surface area contributed by atoms with Crippen molar-refractivity contribution in [2.24, 2.45) is 5.92 Å². The normalized spacial score (nSPS) is 16.6. The van der Waals surface area contributed by atoms with Crippen LogP contribution in [0.4, 0.5) is 4.79 Å². The largest absolute Gasteiger partial charge is 0.462 e. The Morgan fingerprint density at radius 3 is 2.20 bits per heavy atom. The predicted molar refractivity (Wildman–Crippen MR) is 194 cm³/mol. The van der Waals surface area contributed by atoms with Crippen LogP contribution in [-0.4, -0.2) is 72.3 Å². The van der Waals surface area contributed by atoms with Crippen molar-refractivity contribution in [3.05, 3.63) is 121 Å². The van der Waals surface area contributed by atoms with Gasteiger partial charge in [0, 0.05) is 18.9 Å². The van der Waals surface area contributed by atoms with Gasteiger partial charge in [-0.3, -0.25) is 9.59 Å². The minimum atomic E-state index is -1.02. The second-order valence-electron chi connectivity index (χ2n) is 13.0. The van der Waals surface area contributed by atoms with Gasteiger partial charge in [0.05, 0.1) is 24.6 Å². The van der Waals surface area contributed by atoms with Gasteiger partial charge >= 0.3 is 12.1 Å². The molecule has 0 bridgehead atoms. The lowest BCUT2D eigenvalue weighted by Crippen LogP contribution is -2.44. The number of fused-ring (bicyclic) bond motifs is 3. The molecule has 51 heavy (non-hydrogen) atoms. The van der Waals surface area contributed by atoms with Gasteiger partial charge in [-0.15, -0.1) is 13.2 Å². The van der Waals surface area contributed by atoms with Crippen molar-refractivity contribution in [2.45, 2.75) is 62.6 Å². The van der Waals surface area contributed by atoms with Crippen molar-refractivity contribution in [3.63, 3.8) is 0 Å². The molecule has 1 aliphatic heterocycles. The number of hydrogen-bond acceptors (Lipinski definition) is 7. The molecule has 1 aliphatic carbocycles. The minimum Gasteiger partial charge on any atom is -0.462 e. The summed E-state index contributed by atoms with van der Waals surface area (Å²) in [5, 5.41) is 15.3. The van der Waals surface area contributed by atoms with Crippen molar-refractivity contribution in [1.82, 2.24) is 15.5 Å². The second-order valence-corrected chi connectivity index (χ2v) is 13.0. The van der Waals surface area contributed by atoms with Crippen LogP contribution in [0.1, 0.15) is 67.2 Å². The summed E-state index contributed by atoms with van der Waals surface area (Å²) >= 11 is 0. The first-order valence-electron chi connectivity index (χ1n) is 17.6. The highest BCUT2D eigenvalue weighted by Gasteiger charge is 2.33. The third-order valence-corrected chi connectivity index (χ3v) is 9.64. The SMILES string of the molecule is C=CCC[C@H](NC(=O)OCC1c2ccccc2-c2ccccc21)C(=O)OC[C@@H](NC(=O)[C@H](CC=C)CC(=O)N1CCC[C@H]1CO)c1ccccc1. The molecule has 0 aromatic heterocycles. The van der Waals surface area contributed by atoms with E-state index in [1.54, 1.807) is 17.1 Å². The van der Waals surface area contributed by atoms with Gasteiger partial charge in [0.25, 0.3) is 0 Å². The lowest BCUT2D eigenvalue weighted by atomic mass is 9.98. The number of aliphatic hydroxyl groups is 1. The number of nitrogens with one attached hydrogen (secondary N) is 2. The first kappa shape index (κ1) is 37.0.